The molecule has 0 aliphatic carbocycles. The molecule has 1 aromatic heterocycles. The van der Waals surface area contributed by atoms with E-state index in [0.717, 1.165) is 22.6 Å². The van der Waals surface area contributed by atoms with Crippen molar-refractivity contribution in [2.24, 2.45) is 5.14 Å². The second kappa shape index (κ2) is 7.11. The minimum Gasteiger partial charge on any atom is -0.496 e. The topological polar surface area (TPSA) is 107 Å². The van der Waals surface area contributed by atoms with Crippen molar-refractivity contribution in [3.8, 4) is 17.0 Å². The third kappa shape index (κ3) is 3.98. The van der Waals surface area contributed by atoms with Crippen molar-refractivity contribution in [2.45, 2.75) is 11.8 Å². The van der Waals surface area contributed by atoms with Crippen molar-refractivity contribution in [1.82, 2.24) is 9.97 Å². The first-order valence-corrected chi connectivity index (χ1v) is 9.29. The van der Waals surface area contributed by atoms with Crippen LogP contribution in [0.15, 0.2) is 59.6 Å². The second-order valence-corrected chi connectivity index (χ2v) is 7.21. The number of nitrogens with two attached hydrogens (primary N) is 1. The summed E-state index contributed by atoms with van der Waals surface area (Å²) in [7, 11) is -2.08. The van der Waals surface area contributed by atoms with Gasteiger partial charge >= 0.3 is 0 Å². The molecule has 3 N–H and O–H groups in total. The molecule has 0 fully saturated rings. The first kappa shape index (κ1) is 17.8. The van der Waals surface area contributed by atoms with E-state index in [0.29, 0.717) is 11.6 Å². The van der Waals surface area contributed by atoms with E-state index in [9.17, 15) is 8.42 Å². The highest BCUT2D eigenvalue weighted by Crippen LogP contribution is 2.25. The molecule has 0 radical (unpaired) electrons. The van der Waals surface area contributed by atoms with E-state index in [1.54, 1.807) is 25.4 Å². The molecule has 0 aliphatic rings. The molecular formula is C18H18N4O3S. The quantitative estimate of drug-likeness (QED) is 0.715. The van der Waals surface area contributed by atoms with E-state index in [1.807, 2.05) is 31.2 Å². The zero-order valence-corrected chi connectivity index (χ0v) is 15.1. The minimum atomic E-state index is -3.71. The molecule has 2 aromatic carbocycles. The van der Waals surface area contributed by atoms with Crippen LogP contribution in [0.4, 0.5) is 11.6 Å². The average molecular weight is 370 g/mol. The smallest absolute Gasteiger partial charge is 0.238 e. The van der Waals surface area contributed by atoms with Crippen LogP contribution in [0.25, 0.3) is 11.3 Å². The van der Waals surface area contributed by atoms with Crippen LogP contribution in [0.5, 0.6) is 5.75 Å². The van der Waals surface area contributed by atoms with Gasteiger partial charge in [0.2, 0.25) is 16.0 Å². The number of hydrogen-bond donors (Lipinski definition) is 2. The molecule has 26 heavy (non-hydrogen) atoms. The lowest BCUT2D eigenvalue weighted by Crippen LogP contribution is -2.11. The van der Waals surface area contributed by atoms with Gasteiger partial charge in [0.05, 0.1) is 17.7 Å². The van der Waals surface area contributed by atoms with Crippen LogP contribution < -0.4 is 15.2 Å². The van der Waals surface area contributed by atoms with Crippen LogP contribution >= 0.6 is 0 Å². The van der Waals surface area contributed by atoms with Crippen molar-refractivity contribution in [3.63, 3.8) is 0 Å². The summed E-state index contributed by atoms with van der Waals surface area (Å²) < 4.78 is 27.9. The molecule has 3 rings (SSSR count). The SMILES string of the molecule is COc1ccc(-c2ccnc(Nc3ccc(S(N)(=O)=O)cc3)n2)cc1C. The van der Waals surface area contributed by atoms with E-state index in [4.69, 9.17) is 9.88 Å². The molecule has 134 valence electrons. The van der Waals surface area contributed by atoms with Crippen molar-refractivity contribution in [2.75, 3.05) is 12.4 Å². The molecule has 0 atom stereocenters. The highest BCUT2D eigenvalue weighted by molar-refractivity contribution is 7.89. The maximum atomic E-state index is 11.3. The maximum absolute atomic E-state index is 11.3. The van der Waals surface area contributed by atoms with Crippen molar-refractivity contribution in [3.05, 3.63) is 60.3 Å². The number of hydrogen-bond acceptors (Lipinski definition) is 6. The highest BCUT2D eigenvalue weighted by atomic mass is 32.2. The summed E-state index contributed by atoms with van der Waals surface area (Å²) >= 11 is 0. The van der Waals surface area contributed by atoms with Crippen molar-refractivity contribution in [1.29, 1.82) is 0 Å². The summed E-state index contributed by atoms with van der Waals surface area (Å²) in [5.74, 6) is 1.22. The Morgan fingerprint density at radius 2 is 1.81 bits per heavy atom. The van der Waals surface area contributed by atoms with E-state index in [-0.39, 0.29) is 4.90 Å². The maximum Gasteiger partial charge on any atom is 0.238 e. The molecule has 0 unspecified atom stereocenters. The summed E-state index contributed by atoms with van der Waals surface area (Å²) in [6.45, 7) is 1.97. The molecule has 0 amide bonds. The summed E-state index contributed by atoms with van der Waals surface area (Å²) in [6.07, 6.45) is 1.66. The summed E-state index contributed by atoms with van der Waals surface area (Å²) in [5, 5.41) is 8.14. The first-order chi connectivity index (χ1) is 12.4. The largest absolute Gasteiger partial charge is 0.496 e. The predicted molar refractivity (Wildman–Crippen MR) is 99.9 cm³/mol. The van der Waals surface area contributed by atoms with Gasteiger partial charge in [-0.3, -0.25) is 0 Å². The monoisotopic (exact) mass is 370 g/mol. The zero-order valence-electron chi connectivity index (χ0n) is 14.3. The van der Waals surface area contributed by atoms with Crippen LogP contribution in [0.2, 0.25) is 0 Å². The number of anilines is 2. The lowest BCUT2D eigenvalue weighted by molar-refractivity contribution is 0.412. The molecule has 0 spiro atoms. The minimum absolute atomic E-state index is 0.0476. The van der Waals surface area contributed by atoms with Gasteiger partial charge in [0.25, 0.3) is 0 Å². The van der Waals surface area contributed by atoms with Crippen LogP contribution in [-0.2, 0) is 10.0 Å². The molecule has 7 nitrogen and oxygen atoms in total. The van der Waals surface area contributed by atoms with Crippen LogP contribution in [-0.4, -0.2) is 25.5 Å². The van der Waals surface area contributed by atoms with Crippen LogP contribution in [0.1, 0.15) is 5.56 Å². The van der Waals surface area contributed by atoms with E-state index in [2.05, 4.69) is 15.3 Å². The van der Waals surface area contributed by atoms with E-state index in [1.165, 1.54) is 12.1 Å². The standard InChI is InChI=1S/C18H18N4O3S/c1-12-11-13(3-8-17(12)25-2)16-9-10-20-18(22-16)21-14-4-6-15(7-5-14)26(19,23)24/h3-11H,1-2H3,(H2,19,23,24)(H,20,21,22). The summed E-state index contributed by atoms with van der Waals surface area (Å²) in [5.41, 5.74) is 3.37. The number of primary sulfonamides is 1. The average Bonchev–Trinajstić information content (AvgIpc) is 2.61. The van der Waals surface area contributed by atoms with Gasteiger partial charge in [-0.05, 0) is 61.0 Å². The fourth-order valence-electron chi connectivity index (χ4n) is 2.47. The number of aromatic nitrogens is 2. The van der Waals surface area contributed by atoms with Gasteiger partial charge in [-0.25, -0.2) is 23.5 Å². The number of nitrogens with one attached hydrogen (secondary N) is 1. The number of aryl methyl sites for hydroxylation is 1. The van der Waals surface area contributed by atoms with Gasteiger partial charge in [0, 0.05) is 17.4 Å². The Hall–Kier alpha value is -2.97. The van der Waals surface area contributed by atoms with Crippen LogP contribution in [0.3, 0.4) is 0 Å². The highest BCUT2D eigenvalue weighted by Gasteiger charge is 2.08. The second-order valence-electron chi connectivity index (χ2n) is 5.64. The summed E-state index contributed by atoms with van der Waals surface area (Å²) in [6, 6.07) is 13.7. The van der Waals surface area contributed by atoms with Crippen LogP contribution in [0, 0.1) is 6.92 Å². The number of methoxy groups -OCH3 is 1. The summed E-state index contributed by atoms with van der Waals surface area (Å²) in [4.78, 5) is 8.75. The van der Waals surface area contributed by atoms with Crippen molar-refractivity contribution < 1.29 is 13.2 Å². The number of sulfonamides is 1. The Balaban J connectivity index is 1.84. The molecule has 0 saturated carbocycles. The van der Waals surface area contributed by atoms with Gasteiger partial charge in [-0.1, -0.05) is 0 Å². The molecule has 0 aliphatic heterocycles. The first-order valence-electron chi connectivity index (χ1n) is 7.75. The number of nitrogens with zero attached hydrogens (tertiary/aromatic N) is 2. The fraction of sp³-hybridized carbons (Fsp3) is 0.111. The van der Waals surface area contributed by atoms with Crippen molar-refractivity contribution >= 4 is 21.7 Å². The molecule has 0 bridgehead atoms. The molecule has 1 heterocycles. The predicted octanol–water partition coefficient (Wildman–Crippen LogP) is 2.85. The Morgan fingerprint density at radius 1 is 1.08 bits per heavy atom. The Morgan fingerprint density at radius 3 is 2.42 bits per heavy atom. The lowest BCUT2D eigenvalue weighted by atomic mass is 10.1. The van der Waals surface area contributed by atoms with Gasteiger partial charge in [-0.15, -0.1) is 0 Å². The number of benzene rings is 2. The lowest BCUT2D eigenvalue weighted by Gasteiger charge is -2.09. The normalized spacial score (nSPS) is 11.2. The fourth-order valence-corrected chi connectivity index (χ4v) is 2.99. The van der Waals surface area contributed by atoms with Gasteiger partial charge < -0.3 is 10.1 Å². The third-order valence-corrected chi connectivity index (χ3v) is 4.71. The number of ether oxygens (including phenoxy) is 1. The third-order valence-electron chi connectivity index (χ3n) is 3.79. The molecule has 8 heteroatoms. The molecular weight excluding hydrogens is 352 g/mol. The molecule has 3 aromatic rings. The van der Waals surface area contributed by atoms with E-state index < -0.39 is 10.0 Å². The Bertz CT molecular complexity index is 1030. The van der Waals surface area contributed by atoms with Gasteiger partial charge in [-0.2, -0.15) is 0 Å². The zero-order chi connectivity index (χ0) is 18.7. The Labute approximate surface area is 151 Å². The van der Waals surface area contributed by atoms with E-state index >= 15 is 0 Å². The van der Waals surface area contributed by atoms with Gasteiger partial charge in [0.1, 0.15) is 5.75 Å². The number of rotatable bonds is 5. The van der Waals surface area contributed by atoms with Gasteiger partial charge in [0.15, 0.2) is 0 Å². The molecule has 0 saturated heterocycles. The Kier molecular flexibility index (Phi) is 4.88.